The van der Waals surface area contributed by atoms with Crippen molar-refractivity contribution >= 4 is 23.0 Å². The molecular formula is C23H27N3O. The molecule has 3 N–H and O–H groups in total. The zero-order valence-electron chi connectivity index (χ0n) is 15.7. The van der Waals surface area contributed by atoms with Gasteiger partial charge in [-0.3, -0.25) is 4.79 Å². The maximum atomic E-state index is 11.7. The number of rotatable bonds is 7. The number of H-pyrrole nitrogens is 1. The summed E-state index contributed by atoms with van der Waals surface area (Å²) in [6.07, 6.45) is 7.03. The van der Waals surface area contributed by atoms with Gasteiger partial charge in [-0.25, -0.2) is 0 Å². The Morgan fingerprint density at radius 1 is 1.15 bits per heavy atom. The third kappa shape index (κ3) is 3.91. The van der Waals surface area contributed by atoms with Crippen LogP contribution in [0, 0.1) is 0 Å². The first-order valence-electron chi connectivity index (χ1n) is 9.89. The Morgan fingerprint density at radius 3 is 2.81 bits per heavy atom. The van der Waals surface area contributed by atoms with Crippen molar-refractivity contribution in [2.75, 3.05) is 11.4 Å². The van der Waals surface area contributed by atoms with Gasteiger partial charge in [-0.05, 0) is 67.9 Å². The number of benzene rings is 2. The number of fused-ring (bicyclic) bond motifs is 3. The molecule has 1 aromatic heterocycles. The van der Waals surface area contributed by atoms with Gasteiger partial charge in [-0.2, -0.15) is 0 Å². The third-order valence-electron chi connectivity index (χ3n) is 5.63. The highest BCUT2D eigenvalue weighted by Gasteiger charge is 2.20. The minimum Gasteiger partial charge on any atom is -0.358 e. The number of aryl methyl sites for hydroxylation is 2. The zero-order valence-corrected chi connectivity index (χ0v) is 15.7. The van der Waals surface area contributed by atoms with E-state index in [0.717, 1.165) is 62.7 Å². The van der Waals surface area contributed by atoms with E-state index in [9.17, 15) is 4.79 Å². The quantitative estimate of drug-likeness (QED) is 0.494. The van der Waals surface area contributed by atoms with E-state index in [1.54, 1.807) is 0 Å². The lowest BCUT2D eigenvalue weighted by atomic mass is 9.92. The molecule has 1 amide bonds. The Hall–Kier alpha value is -2.59. The molecule has 1 unspecified atom stereocenters. The van der Waals surface area contributed by atoms with Crippen molar-refractivity contribution in [2.24, 2.45) is 5.73 Å². The summed E-state index contributed by atoms with van der Waals surface area (Å²) >= 11 is 0. The number of amides is 1. The largest absolute Gasteiger partial charge is 0.358 e. The van der Waals surface area contributed by atoms with Gasteiger partial charge in [0.2, 0.25) is 6.41 Å². The predicted octanol–water partition coefficient (Wildman–Crippen LogP) is 3.97. The predicted molar refractivity (Wildman–Crippen MR) is 111 cm³/mol. The molecule has 4 nitrogen and oxygen atoms in total. The molecule has 0 saturated carbocycles. The minimum absolute atomic E-state index is 0.236. The van der Waals surface area contributed by atoms with Gasteiger partial charge in [-0.15, -0.1) is 0 Å². The number of aromatic amines is 1. The molecule has 0 radical (unpaired) electrons. The smallest absolute Gasteiger partial charge is 0.214 e. The number of unbranched alkanes of at least 4 members (excludes halogenated alkanes) is 1. The molecule has 0 saturated heterocycles. The Kier molecular flexibility index (Phi) is 5.26. The molecule has 0 fully saturated rings. The fourth-order valence-electron chi connectivity index (χ4n) is 4.11. The normalized spacial score (nSPS) is 16.3. The second-order valence-corrected chi connectivity index (χ2v) is 7.56. The molecule has 1 aliphatic carbocycles. The van der Waals surface area contributed by atoms with Crippen LogP contribution in [0.15, 0.2) is 48.5 Å². The summed E-state index contributed by atoms with van der Waals surface area (Å²) in [7, 11) is 0. The molecule has 0 spiro atoms. The molecule has 140 valence electrons. The van der Waals surface area contributed by atoms with Crippen molar-refractivity contribution in [3.63, 3.8) is 0 Å². The van der Waals surface area contributed by atoms with E-state index in [1.807, 2.05) is 17.0 Å². The van der Waals surface area contributed by atoms with E-state index in [-0.39, 0.29) is 6.04 Å². The van der Waals surface area contributed by atoms with Crippen LogP contribution in [-0.4, -0.2) is 24.0 Å². The third-order valence-corrected chi connectivity index (χ3v) is 5.63. The number of nitrogens with one attached hydrogen (secondary N) is 1. The Balaban J connectivity index is 1.45. The van der Waals surface area contributed by atoms with Crippen LogP contribution in [0.3, 0.4) is 0 Å². The number of carbonyl (C=O) groups excluding carboxylic acids is 1. The highest BCUT2D eigenvalue weighted by Crippen LogP contribution is 2.31. The number of hydrogen-bond donors (Lipinski definition) is 2. The highest BCUT2D eigenvalue weighted by molar-refractivity contribution is 5.90. The molecule has 0 aliphatic heterocycles. The monoisotopic (exact) mass is 361 g/mol. The maximum absolute atomic E-state index is 11.7. The molecule has 1 aliphatic rings. The lowest BCUT2D eigenvalue weighted by Crippen LogP contribution is -2.27. The van der Waals surface area contributed by atoms with Crippen LogP contribution in [-0.2, 0) is 24.1 Å². The van der Waals surface area contributed by atoms with Crippen molar-refractivity contribution in [3.8, 4) is 0 Å². The average molecular weight is 361 g/mol. The van der Waals surface area contributed by atoms with Crippen molar-refractivity contribution < 1.29 is 4.79 Å². The first kappa shape index (κ1) is 17.8. The van der Waals surface area contributed by atoms with Gasteiger partial charge in [0.1, 0.15) is 0 Å². The van der Waals surface area contributed by atoms with E-state index in [4.69, 9.17) is 5.73 Å². The number of carbonyl (C=O) groups is 1. The van der Waals surface area contributed by atoms with Crippen LogP contribution in [0.25, 0.3) is 10.9 Å². The van der Waals surface area contributed by atoms with Crippen LogP contribution in [0.1, 0.15) is 36.1 Å². The number of nitrogens with zero attached hydrogens (tertiary/aromatic N) is 1. The number of nitrogens with two attached hydrogens (primary N) is 1. The van der Waals surface area contributed by atoms with Crippen LogP contribution >= 0.6 is 0 Å². The van der Waals surface area contributed by atoms with Gasteiger partial charge in [-0.1, -0.05) is 30.3 Å². The fourth-order valence-corrected chi connectivity index (χ4v) is 4.11. The lowest BCUT2D eigenvalue weighted by Gasteiger charge is -2.19. The van der Waals surface area contributed by atoms with Gasteiger partial charge in [0.05, 0.1) is 0 Å². The van der Waals surface area contributed by atoms with Crippen molar-refractivity contribution in [1.82, 2.24) is 4.98 Å². The molecule has 27 heavy (non-hydrogen) atoms. The Bertz CT molecular complexity index is 916. The van der Waals surface area contributed by atoms with Crippen LogP contribution in [0.5, 0.6) is 0 Å². The van der Waals surface area contributed by atoms with Crippen LogP contribution in [0.2, 0.25) is 0 Å². The fraction of sp³-hybridized carbons (Fsp3) is 0.348. The molecule has 0 bridgehead atoms. The SMILES string of the molecule is NC1CCc2[nH]c3ccc(N(C=O)CCCCc4ccccc4)cc3c2C1. The molecular weight excluding hydrogens is 334 g/mol. The summed E-state index contributed by atoms with van der Waals surface area (Å²) in [4.78, 5) is 17.0. The summed E-state index contributed by atoms with van der Waals surface area (Å²) in [5.74, 6) is 0. The molecule has 1 atom stereocenters. The van der Waals surface area contributed by atoms with E-state index in [2.05, 4.69) is 41.4 Å². The van der Waals surface area contributed by atoms with Crippen molar-refractivity contribution in [2.45, 2.75) is 44.6 Å². The molecule has 4 rings (SSSR count). The van der Waals surface area contributed by atoms with Gasteiger partial charge in [0, 0.05) is 34.9 Å². The summed E-state index contributed by atoms with van der Waals surface area (Å²) in [5, 5.41) is 1.22. The summed E-state index contributed by atoms with van der Waals surface area (Å²) in [6.45, 7) is 0.744. The standard InChI is InChI=1S/C23H27N3O/c24-18-9-11-22-20(14-18)21-15-19(10-12-23(21)25-22)26(16-27)13-5-4-8-17-6-2-1-3-7-17/h1-3,6-7,10,12,15-16,18,25H,4-5,8-9,11,13-14,24H2. The van der Waals surface area contributed by atoms with E-state index < -0.39 is 0 Å². The second kappa shape index (κ2) is 7.97. The van der Waals surface area contributed by atoms with Gasteiger partial charge < -0.3 is 15.6 Å². The highest BCUT2D eigenvalue weighted by atomic mass is 16.1. The zero-order chi connectivity index (χ0) is 18.6. The van der Waals surface area contributed by atoms with Gasteiger partial charge >= 0.3 is 0 Å². The summed E-state index contributed by atoms with van der Waals surface area (Å²) in [6, 6.07) is 17.0. The number of aromatic nitrogens is 1. The van der Waals surface area contributed by atoms with Crippen LogP contribution < -0.4 is 10.6 Å². The minimum atomic E-state index is 0.236. The Labute approximate surface area is 160 Å². The van der Waals surface area contributed by atoms with Crippen molar-refractivity contribution in [3.05, 3.63) is 65.4 Å². The molecule has 2 aromatic carbocycles. The topological polar surface area (TPSA) is 62.1 Å². The summed E-state index contributed by atoms with van der Waals surface area (Å²) in [5.41, 5.74) is 12.3. The number of anilines is 1. The first-order valence-corrected chi connectivity index (χ1v) is 9.89. The van der Waals surface area contributed by atoms with Crippen molar-refractivity contribution in [1.29, 1.82) is 0 Å². The van der Waals surface area contributed by atoms with Gasteiger partial charge in [0.25, 0.3) is 0 Å². The molecule has 3 aromatic rings. The van der Waals surface area contributed by atoms with E-state index >= 15 is 0 Å². The van der Waals surface area contributed by atoms with E-state index in [1.165, 1.54) is 22.2 Å². The van der Waals surface area contributed by atoms with Gasteiger partial charge in [0.15, 0.2) is 0 Å². The van der Waals surface area contributed by atoms with E-state index in [0.29, 0.717) is 0 Å². The summed E-state index contributed by atoms with van der Waals surface area (Å²) < 4.78 is 0. The van der Waals surface area contributed by atoms with Crippen LogP contribution in [0.4, 0.5) is 5.69 Å². The second-order valence-electron chi connectivity index (χ2n) is 7.56. The molecule has 4 heteroatoms. The molecule has 1 heterocycles. The maximum Gasteiger partial charge on any atom is 0.214 e. The Morgan fingerprint density at radius 2 is 2.00 bits per heavy atom. The average Bonchev–Trinajstić information content (AvgIpc) is 3.06. The lowest BCUT2D eigenvalue weighted by molar-refractivity contribution is -0.107. The number of hydrogen-bond acceptors (Lipinski definition) is 2. The first-order chi connectivity index (χ1) is 13.2.